The zero-order valence-electron chi connectivity index (χ0n) is 12.2. The van der Waals surface area contributed by atoms with Crippen LogP contribution in [0.1, 0.15) is 85.0 Å². The van der Waals surface area contributed by atoms with Gasteiger partial charge >= 0.3 is 0 Å². The zero-order valence-corrected chi connectivity index (χ0v) is 13.2. The molecule has 0 aliphatic heterocycles. The monoisotopic (exact) mass is 256 g/mol. The molecule has 0 fully saturated rings. The highest BCUT2D eigenvalue weighted by atomic mass is 28.2. The molecular formula is C15H32OSi. The third-order valence-corrected chi connectivity index (χ3v) is 4.18. The summed E-state index contributed by atoms with van der Waals surface area (Å²) in [5.41, 5.74) is 0.489. The van der Waals surface area contributed by atoms with Crippen LogP contribution in [0.15, 0.2) is 0 Å². The molecule has 102 valence electrons. The van der Waals surface area contributed by atoms with Crippen LogP contribution in [0.2, 0.25) is 6.04 Å². The fourth-order valence-electron chi connectivity index (χ4n) is 2.33. The van der Waals surface area contributed by atoms with Crippen molar-refractivity contribution in [3.63, 3.8) is 0 Å². The predicted molar refractivity (Wildman–Crippen MR) is 78.4 cm³/mol. The lowest BCUT2D eigenvalue weighted by Crippen LogP contribution is -2.11. The van der Waals surface area contributed by atoms with Gasteiger partial charge in [0, 0.05) is 0 Å². The van der Waals surface area contributed by atoms with Crippen molar-refractivity contribution in [3.8, 4) is 0 Å². The summed E-state index contributed by atoms with van der Waals surface area (Å²) >= 11 is 0. The Labute approximate surface area is 111 Å². The van der Waals surface area contributed by atoms with Gasteiger partial charge in [0.05, 0.1) is 0 Å². The number of unbranched alkanes of at least 4 members (excludes halogenated alkanes) is 6. The molecule has 0 saturated heterocycles. The van der Waals surface area contributed by atoms with E-state index in [9.17, 15) is 0 Å². The average molecular weight is 257 g/mol. The summed E-state index contributed by atoms with van der Waals surface area (Å²) < 4.78 is 0. The van der Waals surface area contributed by atoms with E-state index in [1.165, 1.54) is 64.2 Å². The maximum absolute atomic E-state index is 8.81. The van der Waals surface area contributed by atoms with E-state index in [1.54, 1.807) is 0 Å². The molecule has 0 spiro atoms. The van der Waals surface area contributed by atoms with E-state index in [0.29, 0.717) is 5.41 Å². The van der Waals surface area contributed by atoms with Crippen LogP contribution in [0.3, 0.4) is 0 Å². The minimum Gasteiger partial charge on any atom is -0.432 e. The fraction of sp³-hybridized carbons (Fsp3) is 1.00. The molecular weight excluding hydrogens is 224 g/mol. The van der Waals surface area contributed by atoms with Crippen LogP contribution in [0.4, 0.5) is 0 Å². The first-order valence-electron chi connectivity index (χ1n) is 7.49. The van der Waals surface area contributed by atoms with Crippen LogP contribution >= 0.6 is 0 Å². The first-order valence-corrected chi connectivity index (χ1v) is 8.65. The Morgan fingerprint density at radius 1 is 0.824 bits per heavy atom. The van der Waals surface area contributed by atoms with Gasteiger partial charge in [-0.25, -0.2) is 0 Å². The standard InChI is InChI=1S/C15H32OSi/c1-4-5-6-7-8-9-10-12-15(2,3)13-11-14-17-16/h16H,4-14H2,1-3H3. The molecule has 1 N–H and O–H groups in total. The van der Waals surface area contributed by atoms with E-state index < -0.39 is 0 Å². The fourth-order valence-corrected chi connectivity index (χ4v) is 2.67. The lowest BCUT2D eigenvalue weighted by Gasteiger charge is -2.24. The van der Waals surface area contributed by atoms with Gasteiger partial charge in [-0.3, -0.25) is 0 Å². The van der Waals surface area contributed by atoms with Crippen molar-refractivity contribution in [1.29, 1.82) is 0 Å². The summed E-state index contributed by atoms with van der Waals surface area (Å²) in [5.74, 6) is 0. The highest BCUT2D eigenvalue weighted by Gasteiger charge is 2.16. The van der Waals surface area contributed by atoms with Gasteiger partial charge < -0.3 is 4.80 Å². The Hall–Kier alpha value is 0.177. The topological polar surface area (TPSA) is 20.2 Å². The van der Waals surface area contributed by atoms with Crippen molar-refractivity contribution in [2.45, 2.75) is 91.0 Å². The third-order valence-electron chi connectivity index (χ3n) is 3.60. The van der Waals surface area contributed by atoms with Crippen LogP contribution in [-0.2, 0) is 0 Å². The molecule has 0 saturated carbocycles. The van der Waals surface area contributed by atoms with E-state index in [-0.39, 0.29) is 9.76 Å². The van der Waals surface area contributed by atoms with E-state index in [2.05, 4.69) is 20.8 Å². The third kappa shape index (κ3) is 12.4. The van der Waals surface area contributed by atoms with Gasteiger partial charge in [0.1, 0.15) is 0 Å². The van der Waals surface area contributed by atoms with Crippen molar-refractivity contribution in [3.05, 3.63) is 0 Å². The molecule has 0 heterocycles. The van der Waals surface area contributed by atoms with Gasteiger partial charge in [0.25, 0.3) is 0 Å². The molecule has 0 bridgehead atoms. The Morgan fingerprint density at radius 3 is 1.94 bits per heavy atom. The average Bonchev–Trinajstić information content (AvgIpc) is 2.28. The Morgan fingerprint density at radius 2 is 1.35 bits per heavy atom. The SMILES string of the molecule is CCCCCCCCCC(C)(C)CCC[Si]O. The minimum absolute atomic E-state index is 0.146. The largest absolute Gasteiger partial charge is 0.432 e. The van der Waals surface area contributed by atoms with Crippen molar-refractivity contribution in [1.82, 2.24) is 0 Å². The van der Waals surface area contributed by atoms with Crippen molar-refractivity contribution in [2.24, 2.45) is 5.41 Å². The molecule has 2 heteroatoms. The van der Waals surface area contributed by atoms with Crippen molar-refractivity contribution < 1.29 is 4.80 Å². The zero-order chi connectivity index (χ0) is 13.0. The van der Waals surface area contributed by atoms with Crippen molar-refractivity contribution >= 4 is 9.76 Å². The number of rotatable bonds is 12. The van der Waals surface area contributed by atoms with Gasteiger partial charge in [-0.05, 0) is 24.3 Å². The summed E-state index contributed by atoms with van der Waals surface area (Å²) in [4.78, 5) is 8.81. The first kappa shape index (κ1) is 17.2. The molecule has 0 amide bonds. The second-order valence-corrected chi connectivity index (χ2v) is 6.86. The molecule has 0 aromatic rings. The molecule has 0 aromatic carbocycles. The number of hydrogen-bond acceptors (Lipinski definition) is 1. The molecule has 1 nitrogen and oxygen atoms in total. The smallest absolute Gasteiger partial charge is 0.224 e. The van der Waals surface area contributed by atoms with E-state index >= 15 is 0 Å². The maximum Gasteiger partial charge on any atom is 0.224 e. The molecule has 0 aliphatic carbocycles. The predicted octanol–water partition coefficient (Wildman–Crippen LogP) is 4.96. The molecule has 17 heavy (non-hydrogen) atoms. The molecule has 0 unspecified atom stereocenters. The Bertz CT molecular complexity index is 157. The van der Waals surface area contributed by atoms with Crippen LogP contribution in [0.25, 0.3) is 0 Å². The molecule has 0 aliphatic rings. The summed E-state index contributed by atoms with van der Waals surface area (Å²) in [6.07, 6.45) is 13.7. The summed E-state index contributed by atoms with van der Waals surface area (Å²) in [6, 6.07) is 1.00. The minimum atomic E-state index is 0.146. The molecule has 2 radical (unpaired) electrons. The lowest BCUT2D eigenvalue weighted by atomic mass is 9.82. The van der Waals surface area contributed by atoms with Gasteiger partial charge in [-0.2, -0.15) is 0 Å². The highest BCUT2D eigenvalue weighted by molar-refractivity contribution is 6.25. The maximum atomic E-state index is 8.81. The van der Waals surface area contributed by atoms with E-state index in [4.69, 9.17) is 4.80 Å². The van der Waals surface area contributed by atoms with Crippen LogP contribution < -0.4 is 0 Å². The first-order chi connectivity index (χ1) is 8.12. The normalized spacial score (nSPS) is 12.0. The van der Waals surface area contributed by atoms with Gasteiger partial charge in [0.2, 0.25) is 9.76 Å². The van der Waals surface area contributed by atoms with Crippen LogP contribution in [0.5, 0.6) is 0 Å². The molecule has 0 atom stereocenters. The van der Waals surface area contributed by atoms with Crippen LogP contribution in [0, 0.1) is 5.41 Å². The Balaban J connectivity index is 3.32. The highest BCUT2D eigenvalue weighted by Crippen LogP contribution is 2.30. The van der Waals surface area contributed by atoms with Gasteiger partial charge in [-0.1, -0.05) is 72.1 Å². The second kappa shape index (κ2) is 11.3. The quantitative estimate of drug-likeness (QED) is 0.386. The summed E-state index contributed by atoms with van der Waals surface area (Å²) in [5, 5.41) is 0. The van der Waals surface area contributed by atoms with Gasteiger partial charge in [0.15, 0.2) is 0 Å². The second-order valence-electron chi connectivity index (χ2n) is 6.05. The van der Waals surface area contributed by atoms with Crippen LogP contribution in [-0.4, -0.2) is 14.6 Å². The number of hydrogen-bond donors (Lipinski definition) is 1. The molecule has 0 aromatic heterocycles. The van der Waals surface area contributed by atoms with Gasteiger partial charge in [-0.15, -0.1) is 0 Å². The van der Waals surface area contributed by atoms with Crippen molar-refractivity contribution in [2.75, 3.05) is 0 Å². The van der Waals surface area contributed by atoms with E-state index in [0.717, 1.165) is 6.04 Å². The Kier molecular flexibility index (Phi) is 11.4. The van der Waals surface area contributed by atoms with E-state index in [1.807, 2.05) is 0 Å². The molecule has 0 rings (SSSR count). The summed E-state index contributed by atoms with van der Waals surface area (Å²) in [6.45, 7) is 7.03. The lowest BCUT2D eigenvalue weighted by molar-refractivity contribution is 0.290. The summed E-state index contributed by atoms with van der Waals surface area (Å²) in [7, 11) is 0.146.